The molecule has 0 saturated heterocycles. The predicted octanol–water partition coefficient (Wildman–Crippen LogP) is 1.17. The second-order valence-electron chi connectivity index (χ2n) is 5.10. The Balaban J connectivity index is 2.70. The van der Waals surface area contributed by atoms with E-state index in [2.05, 4.69) is 16.0 Å². The molecule has 0 bridgehead atoms. The highest BCUT2D eigenvalue weighted by Gasteiger charge is 2.25. The van der Waals surface area contributed by atoms with Crippen molar-refractivity contribution >= 4 is 11.8 Å². The third-order valence-corrected chi connectivity index (χ3v) is 3.49. The smallest absolute Gasteiger partial charge is 0.251 e. The summed E-state index contributed by atoms with van der Waals surface area (Å²) in [6.45, 7) is 5.22. The Hall–Kier alpha value is -1.88. The first-order valence-electron chi connectivity index (χ1n) is 7.38. The van der Waals surface area contributed by atoms with Crippen molar-refractivity contribution in [3.05, 3.63) is 35.9 Å². The van der Waals surface area contributed by atoms with E-state index in [9.17, 15) is 9.59 Å². The van der Waals surface area contributed by atoms with Crippen LogP contribution in [0.4, 0.5) is 0 Å². The first-order chi connectivity index (χ1) is 10.1. The highest BCUT2D eigenvalue weighted by Crippen LogP contribution is 2.09. The summed E-state index contributed by atoms with van der Waals surface area (Å²) in [5.41, 5.74) is 0.564. The van der Waals surface area contributed by atoms with Crippen molar-refractivity contribution in [3.63, 3.8) is 0 Å². The number of benzene rings is 1. The Bertz CT molecular complexity index is 448. The van der Waals surface area contributed by atoms with Crippen LogP contribution >= 0.6 is 0 Å². The molecule has 0 aliphatic heterocycles. The highest BCUT2D eigenvalue weighted by atomic mass is 16.2. The summed E-state index contributed by atoms with van der Waals surface area (Å²) in [5.74, 6) is -0.277. The predicted molar refractivity (Wildman–Crippen MR) is 84.1 cm³/mol. The molecule has 5 nitrogen and oxygen atoms in total. The zero-order valence-corrected chi connectivity index (χ0v) is 13.0. The SMILES string of the molecule is CCC(C)C(NC(=O)c1ccccc1)C(=O)NCCNC. The average Bonchev–Trinajstić information content (AvgIpc) is 2.52. The van der Waals surface area contributed by atoms with E-state index in [1.807, 2.05) is 27.0 Å². The van der Waals surface area contributed by atoms with Crippen molar-refractivity contribution in [2.24, 2.45) is 5.92 Å². The molecule has 0 fully saturated rings. The van der Waals surface area contributed by atoms with Crippen LogP contribution in [-0.4, -0.2) is 38.0 Å². The first-order valence-corrected chi connectivity index (χ1v) is 7.38. The zero-order valence-electron chi connectivity index (χ0n) is 13.0. The Morgan fingerprint density at radius 1 is 1.14 bits per heavy atom. The summed E-state index contributed by atoms with van der Waals surface area (Å²) in [7, 11) is 1.83. The second kappa shape index (κ2) is 9.13. The zero-order chi connectivity index (χ0) is 15.7. The van der Waals surface area contributed by atoms with Crippen LogP contribution in [-0.2, 0) is 4.79 Å². The molecule has 1 aromatic carbocycles. The van der Waals surface area contributed by atoms with Gasteiger partial charge in [-0.3, -0.25) is 9.59 Å². The largest absolute Gasteiger partial charge is 0.353 e. The molecule has 2 unspecified atom stereocenters. The lowest BCUT2D eigenvalue weighted by Gasteiger charge is -2.23. The minimum Gasteiger partial charge on any atom is -0.353 e. The van der Waals surface area contributed by atoms with Gasteiger partial charge in [-0.2, -0.15) is 0 Å². The van der Waals surface area contributed by atoms with Gasteiger partial charge >= 0.3 is 0 Å². The number of carbonyl (C=O) groups is 2. The topological polar surface area (TPSA) is 70.2 Å². The van der Waals surface area contributed by atoms with Crippen LogP contribution < -0.4 is 16.0 Å². The summed E-state index contributed by atoms with van der Waals surface area (Å²) < 4.78 is 0. The maximum Gasteiger partial charge on any atom is 0.251 e. The van der Waals surface area contributed by atoms with Gasteiger partial charge in [-0.1, -0.05) is 38.5 Å². The number of carbonyl (C=O) groups excluding carboxylic acids is 2. The fraction of sp³-hybridized carbons (Fsp3) is 0.500. The van der Waals surface area contributed by atoms with Gasteiger partial charge in [0.2, 0.25) is 5.91 Å². The van der Waals surface area contributed by atoms with E-state index in [0.717, 1.165) is 6.42 Å². The van der Waals surface area contributed by atoms with Crippen molar-refractivity contribution < 1.29 is 9.59 Å². The molecular formula is C16H25N3O2. The third-order valence-electron chi connectivity index (χ3n) is 3.49. The van der Waals surface area contributed by atoms with Gasteiger partial charge in [0.1, 0.15) is 6.04 Å². The third kappa shape index (κ3) is 5.55. The quantitative estimate of drug-likeness (QED) is 0.630. The molecular weight excluding hydrogens is 266 g/mol. The van der Waals surface area contributed by atoms with Crippen LogP contribution in [0, 0.1) is 5.92 Å². The van der Waals surface area contributed by atoms with E-state index < -0.39 is 6.04 Å². The van der Waals surface area contributed by atoms with Crippen LogP contribution in [0.15, 0.2) is 30.3 Å². The molecule has 0 radical (unpaired) electrons. The van der Waals surface area contributed by atoms with Gasteiger partial charge in [0.15, 0.2) is 0 Å². The normalized spacial score (nSPS) is 13.3. The lowest BCUT2D eigenvalue weighted by atomic mass is 9.98. The van der Waals surface area contributed by atoms with E-state index in [1.165, 1.54) is 0 Å². The van der Waals surface area contributed by atoms with Gasteiger partial charge in [0.05, 0.1) is 0 Å². The van der Waals surface area contributed by atoms with Crippen molar-refractivity contribution in [2.45, 2.75) is 26.3 Å². The summed E-state index contributed by atoms with van der Waals surface area (Å²) >= 11 is 0. The van der Waals surface area contributed by atoms with E-state index in [-0.39, 0.29) is 17.7 Å². The molecule has 21 heavy (non-hydrogen) atoms. The van der Waals surface area contributed by atoms with Gasteiger partial charge in [-0.15, -0.1) is 0 Å². The summed E-state index contributed by atoms with van der Waals surface area (Å²) in [5, 5.41) is 8.65. The fourth-order valence-corrected chi connectivity index (χ4v) is 1.94. The van der Waals surface area contributed by atoms with E-state index in [0.29, 0.717) is 18.7 Å². The number of rotatable bonds is 8. The number of nitrogens with one attached hydrogen (secondary N) is 3. The van der Waals surface area contributed by atoms with Gasteiger partial charge in [-0.05, 0) is 25.1 Å². The van der Waals surface area contributed by atoms with Crippen molar-refractivity contribution in [1.82, 2.24) is 16.0 Å². The van der Waals surface area contributed by atoms with E-state index in [1.54, 1.807) is 24.3 Å². The Morgan fingerprint density at radius 3 is 2.38 bits per heavy atom. The molecule has 0 heterocycles. The first kappa shape index (κ1) is 17.2. The van der Waals surface area contributed by atoms with Crippen LogP contribution in [0.3, 0.4) is 0 Å². The minimum absolute atomic E-state index is 0.0762. The lowest BCUT2D eigenvalue weighted by molar-refractivity contribution is -0.124. The molecule has 0 aliphatic rings. The summed E-state index contributed by atoms with van der Waals surface area (Å²) in [4.78, 5) is 24.4. The van der Waals surface area contributed by atoms with Gasteiger partial charge < -0.3 is 16.0 Å². The van der Waals surface area contributed by atoms with Gasteiger partial charge in [-0.25, -0.2) is 0 Å². The van der Waals surface area contributed by atoms with Crippen LogP contribution in [0.2, 0.25) is 0 Å². The molecule has 1 aromatic rings. The summed E-state index contributed by atoms with van der Waals surface area (Å²) in [6, 6.07) is 8.43. The molecule has 0 aromatic heterocycles. The number of likely N-dealkylation sites (N-methyl/N-ethyl adjacent to an activating group) is 1. The second-order valence-corrected chi connectivity index (χ2v) is 5.10. The number of amides is 2. The van der Waals surface area contributed by atoms with Crippen molar-refractivity contribution in [1.29, 1.82) is 0 Å². The molecule has 3 N–H and O–H groups in total. The van der Waals surface area contributed by atoms with Gasteiger partial charge in [0, 0.05) is 18.7 Å². The lowest BCUT2D eigenvalue weighted by Crippen LogP contribution is -2.51. The van der Waals surface area contributed by atoms with E-state index in [4.69, 9.17) is 0 Å². The Labute approximate surface area is 126 Å². The Morgan fingerprint density at radius 2 is 1.81 bits per heavy atom. The maximum atomic E-state index is 12.2. The van der Waals surface area contributed by atoms with Crippen LogP contribution in [0.25, 0.3) is 0 Å². The molecule has 5 heteroatoms. The van der Waals surface area contributed by atoms with Crippen LogP contribution in [0.1, 0.15) is 30.6 Å². The van der Waals surface area contributed by atoms with Crippen molar-refractivity contribution in [2.75, 3.05) is 20.1 Å². The maximum absolute atomic E-state index is 12.2. The van der Waals surface area contributed by atoms with Crippen LogP contribution in [0.5, 0.6) is 0 Å². The Kier molecular flexibility index (Phi) is 7.46. The van der Waals surface area contributed by atoms with E-state index >= 15 is 0 Å². The van der Waals surface area contributed by atoms with Gasteiger partial charge in [0.25, 0.3) is 5.91 Å². The monoisotopic (exact) mass is 291 g/mol. The average molecular weight is 291 g/mol. The molecule has 2 atom stereocenters. The van der Waals surface area contributed by atoms with Crippen molar-refractivity contribution in [3.8, 4) is 0 Å². The molecule has 0 aliphatic carbocycles. The standard InChI is InChI=1S/C16H25N3O2/c1-4-12(2)14(16(21)18-11-10-17-3)19-15(20)13-8-6-5-7-9-13/h5-9,12,14,17H,4,10-11H2,1-3H3,(H,18,21)(H,19,20). The molecule has 0 saturated carbocycles. The molecule has 2 amide bonds. The fourth-order valence-electron chi connectivity index (χ4n) is 1.94. The highest BCUT2D eigenvalue weighted by molar-refractivity contribution is 5.97. The number of hydrogen-bond acceptors (Lipinski definition) is 3. The molecule has 0 spiro atoms. The molecule has 1 rings (SSSR count). The minimum atomic E-state index is -0.514. The molecule has 116 valence electrons. The number of hydrogen-bond donors (Lipinski definition) is 3. The summed E-state index contributed by atoms with van der Waals surface area (Å²) in [6.07, 6.45) is 0.819.